The van der Waals surface area contributed by atoms with E-state index in [1.807, 2.05) is 0 Å². The molecule has 2 N–H and O–H groups in total. The molecular weight excluding hydrogens is 366 g/mol. The van der Waals surface area contributed by atoms with Gasteiger partial charge in [0.25, 0.3) is 5.91 Å². The molecule has 0 radical (unpaired) electrons. The minimum absolute atomic E-state index is 0.0753. The molecule has 1 saturated heterocycles. The van der Waals surface area contributed by atoms with E-state index in [4.69, 9.17) is 4.74 Å². The van der Waals surface area contributed by atoms with Gasteiger partial charge >= 0.3 is 0 Å². The first kappa shape index (κ1) is 17.3. The number of likely N-dealkylation sites (N-methyl/N-ethyl adjacent to an activating group) is 1. The quantitative estimate of drug-likeness (QED) is 0.821. The lowest BCUT2D eigenvalue weighted by Crippen LogP contribution is -2.68. The summed E-state index contributed by atoms with van der Waals surface area (Å²) in [6, 6.07) is 7.73. The first-order valence-electron chi connectivity index (χ1n) is 10.5. The summed E-state index contributed by atoms with van der Waals surface area (Å²) in [5, 5.41) is 13.8. The number of likely N-dealkylation sites (tertiary alicyclic amines) is 1. The molecule has 29 heavy (non-hydrogen) atoms. The van der Waals surface area contributed by atoms with Crippen molar-refractivity contribution in [3.05, 3.63) is 53.3 Å². The van der Waals surface area contributed by atoms with Crippen molar-refractivity contribution in [1.29, 1.82) is 0 Å². The maximum absolute atomic E-state index is 12.9. The van der Waals surface area contributed by atoms with Gasteiger partial charge in [0.1, 0.15) is 6.10 Å². The number of phenolic OH excluding ortho intramolecular Hbond substituents is 1. The second-order valence-electron chi connectivity index (χ2n) is 9.03. The van der Waals surface area contributed by atoms with Crippen molar-refractivity contribution in [2.75, 3.05) is 13.6 Å². The first-order chi connectivity index (χ1) is 14.1. The third-order valence-electron chi connectivity index (χ3n) is 7.85. The second kappa shape index (κ2) is 5.95. The number of rotatable bonds is 2. The van der Waals surface area contributed by atoms with Gasteiger partial charge in [-0.1, -0.05) is 6.07 Å². The monoisotopic (exact) mass is 391 g/mol. The van der Waals surface area contributed by atoms with Crippen molar-refractivity contribution in [1.82, 2.24) is 15.2 Å². The van der Waals surface area contributed by atoms with Crippen LogP contribution in [0, 0.1) is 5.92 Å². The zero-order valence-electron chi connectivity index (χ0n) is 16.5. The number of aromatic hydroxyl groups is 1. The number of amides is 1. The largest absolute Gasteiger partial charge is 0.504 e. The third kappa shape index (κ3) is 2.21. The Kier molecular flexibility index (Phi) is 3.55. The SMILES string of the molecule is CN1CC[C@]23c4c5ccc(O)c4O[C@H]2[C@@H](NC(=O)c2ccncc2)CC[C@H]3[C@H]1C5. The standard InChI is InChI=1S/C23H25N3O3/c1-26-11-8-23-15-3-4-16(25-22(28)13-6-9-24-10-7-13)21(23)29-20-18(27)5-2-14(19(20)23)12-17(15)26/h2,5-7,9-10,15-17,21,27H,3-4,8,11-12H2,1H3,(H,25,28)/t15-,16-,17+,21-,23-/m0/s1. The zero-order valence-corrected chi connectivity index (χ0v) is 16.5. The molecule has 6 nitrogen and oxygen atoms in total. The van der Waals surface area contributed by atoms with Crippen molar-refractivity contribution in [2.45, 2.75) is 49.3 Å². The zero-order chi connectivity index (χ0) is 19.8. The molecule has 1 aromatic heterocycles. The van der Waals surface area contributed by atoms with Gasteiger partial charge in [-0.05, 0) is 69.0 Å². The molecule has 2 bridgehead atoms. The molecule has 3 heterocycles. The fourth-order valence-electron chi connectivity index (χ4n) is 6.64. The van der Waals surface area contributed by atoms with Crippen LogP contribution in [0.3, 0.4) is 0 Å². The van der Waals surface area contributed by atoms with Crippen LogP contribution in [0.4, 0.5) is 0 Å². The second-order valence-corrected chi connectivity index (χ2v) is 9.03. The maximum atomic E-state index is 12.9. The van der Waals surface area contributed by atoms with Crippen molar-refractivity contribution < 1.29 is 14.6 Å². The molecule has 2 fully saturated rings. The van der Waals surface area contributed by atoms with Crippen molar-refractivity contribution in [2.24, 2.45) is 5.92 Å². The molecule has 150 valence electrons. The van der Waals surface area contributed by atoms with Crippen LogP contribution in [0.5, 0.6) is 11.5 Å². The number of phenols is 1. The van der Waals surface area contributed by atoms with Gasteiger partial charge in [0.15, 0.2) is 11.5 Å². The van der Waals surface area contributed by atoms with Gasteiger partial charge in [-0.3, -0.25) is 9.78 Å². The van der Waals surface area contributed by atoms with E-state index in [-0.39, 0.29) is 29.2 Å². The van der Waals surface area contributed by atoms with Crippen LogP contribution in [-0.4, -0.2) is 52.7 Å². The number of pyridine rings is 1. The summed E-state index contributed by atoms with van der Waals surface area (Å²) in [6.07, 6.45) is 7.10. The lowest BCUT2D eigenvalue weighted by atomic mass is 9.51. The minimum Gasteiger partial charge on any atom is -0.504 e. The van der Waals surface area contributed by atoms with Crippen molar-refractivity contribution in [3.63, 3.8) is 0 Å². The van der Waals surface area contributed by atoms with Crippen molar-refractivity contribution >= 4 is 5.91 Å². The maximum Gasteiger partial charge on any atom is 0.251 e. The lowest BCUT2D eigenvalue weighted by molar-refractivity contribution is -0.0558. The van der Waals surface area contributed by atoms with Crippen LogP contribution in [0.25, 0.3) is 0 Å². The average molecular weight is 391 g/mol. The number of carbonyl (C=O) groups is 1. The Bertz CT molecular complexity index is 994. The summed E-state index contributed by atoms with van der Waals surface area (Å²) in [5.74, 6) is 1.29. The Balaban J connectivity index is 1.42. The molecule has 6 rings (SSSR count). The smallest absolute Gasteiger partial charge is 0.251 e. The normalized spacial score (nSPS) is 34.2. The number of nitrogens with zero attached hydrogens (tertiary/aromatic N) is 2. The summed E-state index contributed by atoms with van der Waals surface area (Å²) in [7, 11) is 2.23. The van der Waals surface area contributed by atoms with E-state index in [1.54, 1.807) is 30.6 Å². The van der Waals surface area contributed by atoms with Gasteiger partial charge in [0.2, 0.25) is 0 Å². The van der Waals surface area contributed by atoms with Gasteiger partial charge in [-0.15, -0.1) is 0 Å². The molecule has 4 aliphatic rings. The molecule has 2 aliphatic heterocycles. The van der Waals surface area contributed by atoms with Crippen LogP contribution in [0.1, 0.15) is 40.7 Å². The Hall–Kier alpha value is -2.60. The number of piperidine rings is 1. The Morgan fingerprint density at radius 3 is 2.93 bits per heavy atom. The molecule has 0 unspecified atom stereocenters. The Morgan fingerprint density at radius 1 is 1.28 bits per heavy atom. The summed E-state index contributed by atoms with van der Waals surface area (Å²) in [4.78, 5) is 19.4. The summed E-state index contributed by atoms with van der Waals surface area (Å²) < 4.78 is 6.50. The van der Waals surface area contributed by atoms with Crippen LogP contribution >= 0.6 is 0 Å². The van der Waals surface area contributed by atoms with Crippen LogP contribution in [0.2, 0.25) is 0 Å². The number of aromatic nitrogens is 1. The van der Waals surface area contributed by atoms with E-state index in [2.05, 4.69) is 28.3 Å². The highest BCUT2D eigenvalue weighted by molar-refractivity contribution is 5.94. The van der Waals surface area contributed by atoms with E-state index in [1.165, 1.54) is 11.1 Å². The summed E-state index contributed by atoms with van der Waals surface area (Å²) in [5.41, 5.74) is 3.02. The Morgan fingerprint density at radius 2 is 2.10 bits per heavy atom. The highest BCUT2D eigenvalue weighted by atomic mass is 16.5. The topological polar surface area (TPSA) is 74.7 Å². The third-order valence-corrected chi connectivity index (χ3v) is 7.85. The fraction of sp³-hybridized carbons (Fsp3) is 0.478. The van der Waals surface area contributed by atoms with Gasteiger partial charge in [-0.2, -0.15) is 0 Å². The van der Waals surface area contributed by atoms with Crippen LogP contribution in [-0.2, 0) is 11.8 Å². The Labute approximate surface area is 169 Å². The lowest BCUT2D eigenvalue weighted by Gasteiger charge is -2.59. The number of hydrogen-bond acceptors (Lipinski definition) is 5. The summed E-state index contributed by atoms with van der Waals surface area (Å²) in [6.45, 7) is 1.01. The summed E-state index contributed by atoms with van der Waals surface area (Å²) >= 11 is 0. The number of ether oxygens (including phenoxy) is 1. The number of nitrogens with one attached hydrogen (secondary N) is 1. The number of benzene rings is 1. The molecule has 6 heteroatoms. The van der Waals surface area contributed by atoms with Gasteiger partial charge in [-0.25, -0.2) is 0 Å². The molecule has 2 aromatic rings. The van der Waals surface area contributed by atoms with Gasteiger partial charge in [0.05, 0.1) is 6.04 Å². The predicted molar refractivity (Wildman–Crippen MR) is 107 cm³/mol. The van der Waals surface area contributed by atoms with E-state index in [0.29, 0.717) is 23.3 Å². The van der Waals surface area contributed by atoms with Crippen LogP contribution in [0.15, 0.2) is 36.7 Å². The molecule has 5 atom stereocenters. The van der Waals surface area contributed by atoms with E-state index in [9.17, 15) is 9.90 Å². The molecule has 1 aromatic carbocycles. The molecule has 1 amide bonds. The number of carbonyl (C=O) groups excluding carboxylic acids is 1. The van der Waals surface area contributed by atoms with E-state index in [0.717, 1.165) is 32.2 Å². The van der Waals surface area contributed by atoms with Crippen molar-refractivity contribution in [3.8, 4) is 11.5 Å². The van der Waals surface area contributed by atoms with Gasteiger partial charge in [0, 0.05) is 35.0 Å². The van der Waals surface area contributed by atoms with E-state index >= 15 is 0 Å². The van der Waals surface area contributed by atoms with Crippen LogP contribution < -0.4 is 10.1 Å². The van der Waals surface area contributed by atoms with E-state index < -0.39 is 0 Å². The molecule has 1 saturated carbocycles. The molecule has 1 spiro atoms. The average Bonchev–Trinajstić information content (AvgIpc) is 3.10. The minimum atomic E-state index is -0.134. The number of hydrogen-bond donors (Lipinski definition) is 2. The highest BCUT2D eigenvalue weighted by Gasteiger charge is 2.65. The molecule has 2 aliphatic carbocycles. The van der Waals surface area contributed by atoms with Gasteiger partial charge < -0.3 is 20.1 Å². The highest BCUT2D eigenvalue weighted by Crippen LogP contribution is 2.63. The fourth-order valence-corrected chi connectivity index (χ4v) is 6.64. The molecular formula is C23H25N3O3. The first-order valence-corrected chi connectivity index (χ1v) is 10.5. The predicted octanol–water partition coefficient (Wildman–Crippen LogP) is 2.25.